The van der Waals surface area contributed by atoms with E-state index < -0.39 is 0 Å². The molecule has 0 aliphatic carbocycles. The fourth-order valence-electron chi connectivity index (χ4n) is 13.4. The van der Waals surface area contributed by atoms with Gasteiger partial charge in [-0.2, -0.15) is 0 Å². The molecule has 0 heterocycles. The van der Waals surface area contributed by atoms with Gasteiger partial charge in [-0.25, -0.2) is 0 Å². The van der Waals surface area contributed by atoms with Crippen LogP contribution in [0, 0.1) is 0 Å². The lowest BCUT2D eigenvalue weighted by molar-refractivity contribution is 1.65. The molecule has 0 heteroatoms. The molecule has 0 aliphatic rings. The van der Waals surface area contributed by atoms with Gasteiger partial charge in [0.1, 0.15) is 0 Å². The lowest BCUT2D eigenvalue weighted by atomic mass is 9.78. The monoisotopic (exact) mass is 932 g/mol. The Hall–Kier alpha value is -9.62. The van der Waals surface area contributed by atoms with E-state index in [1.165, 1.54) is 164 Å². The van der Waals surface area contributed by atoms with Crippen molar-refractivity contribution in [2.45, 2.75) is 0 Å². The van der Waals surface area contributed by atoms with Crippen LogP contribution in [-0.2, 0) is 0 Å². The quantitative estimate of drug-likeness (QED) is 0.156. The van der Waals surface area contributed by atoms with Crippen LogP contribution in [0.4, 0.5) is 0 Å². The smallest absolute Gasteiger partial charge is 0.0000928 e. The second-order valence-corrected chi connectivity index (χ2v) is 20.0. The minimum absolute atomic E-state index is 1.20. The zero-order chi connectivity index (χ0) is 48.4. The number of fused-ring (bicyclic) bond motifs is 9. The maximum atomic E-state index is 2.45. The molecule has 0 aliphatic heterocycles. The van der Waals surface area contributed by atoms with Gasteiger partial charge in [-0.15, -0.1) is 0 Å². The molecular formula is C74H44. The summed E-state index contributed by atoms with van der Waals surface area (Å²) in [4.78, 5) is 0. The average molecular weight is 933 g/mol. The number of hydrogen-bond acceptors (Lipinski definition) is 0. The summed E-state index contributed by atoms with van der Waals surface area (Å²) < 4.78 is 0. The van der Waals surface area contributed by atoms with Crippen LogP contribution in [0.1, 0.15) is 0 Å². The molecule has 16 aromatic carbocycles. The third-order valence-corrected chi connectivity index (χ3v) is 16.3. The van der Waals surface area contributed by atoms with E-state index in [-0.39, 0.29) is 0 Å². The highest BCUT2D eigenvalue weighted by atomic mass is 14.3. The molecule has 74 heavy (non-hydrogen) atoms. The molecule has 0 amide bonds. The van der Waals surface area contributed by atoms with Crippen LogP contribution in [0.2, 0.25) is 0 Å². The van der Waals surface area contributed by atoms with Gasteiger partial charge >= 0.3 is 0 Å². The molecule has 0 bridgehead atoms. The van der Waals surface area contributed by atoms with E-state index in [2.05, 4.69) is 267 Å². The minimum Gasteiger partial charge on any atom is -0.0622 e. The molecule has 0 atom stereocenters. The van der Waals surface area contributed by atoms with Gasteiger partial charge in [-0.3, -0.25) is 0 Å². The summed E-state index contributed by atoms with van der Waals surface area (Å²) in [5.41, 5.74) is 14.9. The third-order valence-electron chi connectivity index (χ3n) is 16.3. The molecule has 0 fully saturated rings. The predicted octanol–water partition coefficient (Wildman–Crippen LogP) is 20.9. The van der Waals surface area contributed by atoms with Gasteiger partial charge < -0.3 is 0 Å². The molecule has 0 unspecified atom stereocenters. The predicted molar refractivity (Wildman–Crippen MR) is 319 cm³/mol. The highest BCUT2D eigenvalue weighted by Crippen LogP contribution is 2.60. The first-order valence-electron chi connectivity index (χ1n) is 25.8. The van der Waals surface area contributed by atoms with Crippen LogP contribution in [0.3, 0.4) is 0 Å². The molecule has 0 aromatic heterocycles. The number of rotatable bonds is 6. The van der Waals surface area contributed by atoms with Crippen molar-refractivity contribution >= 4 is 97.0 Å². The Labute approximate surface area is 428 Å². The van der Waals surface area contributed by atoms with E-state index in [1.54, 1.807) is 0 Å². The first-order chi connectivity index (χ1) is 36.8. The van der Waals surface area contributed by atoms with E-state index in [0.717, 1.165) is 0 Å². The summed E-state index contributed by atoms with van der Waals surface area (Å²) in [5.74, 6) is 0. The second kappa shape index (κ2) is 15.9. The average Bonchev–Trinajstić information content (AvgIpc) is 4.11. The molecule has 0 saturated carbocycles. The first kappa shape index (κ1) is 41.0. The van der Waals surface area contributed by atoms with Crippen molar-refractivity contribution in [3.8, 4) is 66.8 Å². The molecule has 0 N–H and O–H groups in total. The molecular weight excluding hydrogens is 889 g/mol. The fraction of sp³-hybridized carbons (Fsp3) is 0. The molecule has 0 nitrogen and oxygen atoms in total. The maximum Gasteiger partial charge on any atom is -0.0000928 e. The zero-order valence-electron chi connectivity index (χ0n) is 40.4. The number of hydrogen-bond donors (Lipinski definition) is 0. The Kier molecular flexibility index (Phi) is 8.84. The van der Waals surface area contributed by atoms with Gasteiger partial charge in [0.25, 0.3) is 0 Å². The van der Waals surface area contributed by atoms with Crippen molar-refractivity contribution < 1.29 is 0 Å². The van der Waals surface area contributed by atoms with Gasteiger partial charge in [0, 0.05) is 0 Å². The van der Waals surface area contributed by atoms with Crippen LogP contribution in [0.25, 0.3) is 164 Å². The zero-order valence-corrected chi connectivity index (χ0v) is 40.4. The molecule has 16 rings (SSSR count). The fourth-order valence-corrected chi connectivity index (χ4v) is 13.4. The van der Waals surface area contributed by atoms with Crippen molar-refractivity contribution in [1.29, 1.82) is 0 Å². The minimum atomic E-state index is 1.20. The van der Waals surface area contributed by atoms with Crippen molar-refractivity contribution in [2.24, 2.45) is 0 Å². The standard InChI is InChI=1S/C74H44/c1-5-23-47(24-6-1)63-69-59-39-19-37-57-55(53-35-17-31-45-21-13-15-33-51(45)53)41-43-61(67(57)59)71(69)65(49-27-9-3-10-28-49)74-66(50-29-11-4-12-30-50)72-62-44-42-56(54-36-18-32-46-22-14-16-34-52(46)54)58-38-20-40-60(68(58)62)70(72)64(73(63)74)48-25-7-2-8-26-48/h1-44H. The van der Waals surface area contributed by atoms with Crippen molar-refractivity contribution in [1.82, 2.24) is 0 Å². The van der Waals surface area contributed by atoms with E-state index in [0.29, 0.717) is 0 Å². The maximum absolute atomic E-state index is 2.45. The largest absolute Gasteiger partial charge is 0.0622 e. The van der Waals surface area contributed by atoms with E-state index in [4.69, 9.17) is 0 Å². The van der Waals surface area contributed by atoms with Gasteiger partial charge in [0.15, 0.2) is 0 Å². The van der Waals surface area contributed by atoms with E-state index in [1.807, 2.05) is 0 Å². The topological polar surface area (TPSA) is 0 Å². The summed E-state index contributed by atoms with van der Waals surface area (Å²) in [6, 6.07) is 100. The Morgan fingerprint density at radius 1 is 0.135 bits per heavy atom. The van der Waals surface area contributed by atoms with Crippen molar-refractivity contribution in [2.75, 3.05) is 0 Å². The Morgan fingerprint density at radius 3 is 0.757 bits per heavy atom. The van der Waals surface area contributed by atoms with Crippen LogP contribution >= 0.6 is 0 Å². The highest BCUT2D eigenvalue weighted by molar-refractivity contribution is 6.48. The SMILES string of the molecule is c1ccc(-c2c3c(-c4ccccc4)c4c5cccc6c(-c7cccc8ccccc78)ccc(c4c(-c4ccccc4)c3c(-c3ccccc3)c3c4ccc(-c7cccc8ccccc78)c7cccc(c23)c74)c65)cc1. The lowest BCUT2D eigenvalue weighted by Gasteiger charge is -2.24. The van der Waals surface area contributed by atoms with Crippen LogP contribution in [0.5, 0.6) is 0 Å². The first-order valence-corrected chi connectivity index (χ1v) is 25.8. The molecule has 0 radical (unpaired) electrons. The second-order valence-electron chi connectivity index (χ2n) is 20.0. The highest BCUT2D eigenvalue weighted by Gasteiger charge is 2.32. The van der Waals surface area contributed by atoms with Gasteiger partial charge in [-0.1, -0.05) is 267 Å². The van der Waals surface area contributed by atoms with Gasteiger partial charge in [-0.05, 0) is 164 Å². The molecule has 16 aromatic rings. The normalized spacial score (nSPS) is 12.1. The summed E-state index contributed by atoms with van der Waals surface area (Å²) >= 11 is 0. The van der Waals surface area contributed by atoms with Crippen LogP contribution in [-0.4, -0.2) is 0 Å². The Balaban J connectivity index is 1.20. The summed E-state index contributed by atoms with van der Waals surface area (Å²) in [6.45, 7) is 0. The lowest BCUT2D eigenvalue weighted by Crippen LogP contribution is -1.96. The van der Waals surface area contributed by atoms with E-state index in [9.17, 15) is 0 Å². The van der Waals surface area contributed by atoms with E-state index >= 15 is 0 Å². The van der Waals surface area contributed by atoms with Crippen LogP contribution in [0.15, 0.2) is 267 Å². The van der Waals surface area contributed by atoms with Crippen molar-refractivity contribution in [3.63, 3.8) is 0 Å². The third kappa shape index (κ3) is 5.74. The van der Waals surface area contributed by atoms with Crippen molar-refractivity contribution in [3.05, 3.63) is 267 Å². The molecule has 0 spiro atoms. The Morgan fingerprint density at radius 2 is 0.392 bits per heavy atom. The number of benzene rings is 14. The Bertz CT molecular complexity index is 4420. The van der Waals surface area contributed by atoms with Gasteiger partial charge in [0.05, 0.1) is 0 Å². The summed E-state index contributed by atoms with van der Waals surface area (Å²) in [6.07, 6.45) is 0. The molecule has 340 valence electrons. The summed E-state index contributed by atoms with van der Waals surface area (Å²) in [5, 5.41) is 23.0. The van der Waals surface area contributed by atoms with Gasteiger partial charge in [0.2, 0.25) is 0 Å². The summed E-state index contributed by atoms with van der Waals surface area (Å²) in [7, 11) is 0. The van der Waals surface area contributed by atoms with Crippen LogP contribution < -0.4 is 0 Å². The molecule has 0 saturated heterocycles.